The van der Waals surface area contributed by atoms with Crippen LogP contribution in [0.1, 0.15) is 25.1 Å². The fourth-order valence-corrected chi connectivity index (χ4v) is 1.78. The Morgan fingerprint density at radius 2 is 2.05 bits per heavy atom. The maximum atomic E-state index is 8.66. The average molecular weight is 267 g/mol. The third-order valence-electron chi connectivity index (χ3n) is 2.64. The van der Waals surface area contributed by atoms with Crippen LogP contribution in [0.15, 0.2) is 36.4 Å². The van der Waals surface area contributed by atoms with Gasteiger partial charge in [-0.2, -0.15) is 5.26 Å². The summed E-state index contributed by atoms with van der Waals surface area (Å²) in [5, 5.41) is 22.9. The Balaban J connectivity index is 1.97. The van der Waals surface area contributed by atoms with Crippen molar-refractivity contribution in [2.24, 2.45) is 0 Å². The highest BCUT2D eigenvalue weighted by molar-refractivity contribution is 5.47. The van der Waals surface area contributed by atoms with E-state index in [1.807, 2.05) is 18.2 Å². The maximum absolute atomic E-state index is 8.66. The molecule has 0 bridgehead atoms. The molecule has 5 nitrogen and oxygen atoms in total. The summed E-state index contributed by atoms with van der Waals surface area (Å²) in [6.45, 7) is 4.88. The van der Waals surface area contributed by atoms with Gasteiger partial charge in [0.05, 0.1) is 0 Å². The second-order valence-electron chi connectivity index (χ2n) is 4.77. The second kappa shape index (κ2) is 6.53. The number of nitrogens with one attached hydrogen (secondary N) is 2. The molecular weight excluding hydrogens is 250 g/mol. The Labute approximate surface area is 118 Å². The Kier molecular flexibility index (Phi) is 4.51. The minimum absolute atomic E-state index is 0.318. The Bertz CT molecular complexity index is 598. The maximum Gasteiger partial charge on any atom is 0.163 e. The van der Waals surface area contributed by atoms with E-state index in [-0.39, 0.29) is 0 Å². The SMILES string of the molecule is CC(C)Nc1cccc(CNc2ccc(C#N)nn2)c1. The van der Waals surface area contributed by atoms with E-state index < -0.39 is 0 Å². The molecule has 1 heterocycles. The molecule has 1 aromatic carbocycles. The van der Waals surface area contributed by atoms with E-state index in [2.05, 4.69) is 46.8 Å². The van der Waals surface area contributed by atoms with Gasteiger partial charge in [-0.25, -0.2) is 0 Å². The fraction of sp³-hybridized carbons (Fsp3) is 0.267. The van der Waals surface area contributed by atoms with Gasteiger partial charge in [0, 0.05) is 18.3 Å². The average Bonchev–Trinajstić information content (AvgIpc) is 2.45. The topological polar surface area (TPSA) is 73.6 Å². The summed E-state index contributed by atoms with van der Waals surface area (Å²) in [6, 6.07) is 14.0. The van der Waals surface area contributed by atoms with Gasteiger partial charge < -0.3 is 10.6 Å². The first-order valence-electron chi connectivity index (χ1n) is 6.50. The lowest BCUT2D eigenvalue weighted by Crippen LogP contribution is -2.10. The van der Waals surface area contributed by atoms with Crippen molar-refractivity contribution in [1.29, 1.82) is 5.26 Å². The molecule has 0 amide bonds. The van der Waals surface area contributed by atoms with Crippen LogP contribution in [0.3, 0.4) is 0 Å². The van der Waals surface area contributed by atoms with Gasteiger partial charge in [0.15, 0.2) is 5.69 Å². The number of nitriles is 1. The number of hydrogen-bond donors (Lipinski definition) is 2. The minimum atomic E-state index is 0.318. The van der Waals surface area contributed by atoms with E-state index in [1.165, 1.54) is 0 Å². The van der Waals surface area contributed by atoms with Gasteiger partial charge in [-0.15, -0.1) is 10.2 Å². The van der Waals surface area contributed by atoms with Crippen molar-refractivity contribution in [1.82, 2.24) is 10.2 Å². The summed E-state index contributed by atoms with van der Waals surface area (Å²) in [7, 11) is 0. The van der Waals surface area contributed by atoms with Crippen LogP contribution >= 0.6 is 0 Å². The van der Waals surface area contributed by atoms with Crippen LogP contribution < -0.4 is 10.6 Å². The molecule has 20 heavy (non-hydrogen) atoms. The summed E-state index contributed by atoms with van der Waals surface area (Å²) in [5.74, 6) is 0.659. The molecule has 0 radical (unpaired) electrons. The van der Waals surface area contributed by atoms with Crippen molar-refractivity contribution in [3.05, 3.63) is 47.7 Å². The molecule has 0 spiro atoms. The van der Waals surface area contributed by atoms with Crippen molar-refractivity contribution < 1.29 is 0 Å². The van der Waals surface area contributed by atoms with E-state index >= 15 is 0 Å². The largest absolute Gasteiger partial charge is 0.383 e. The number of benzene rings is 1. The van der Waals surface area contributed by atoms with E-state index in [4.69, 9.17) is 5.26 Å². The molecule has 0 aliphatic rings. The molecule has 0 aliphatic heterocycles. The molecule has 0 unspecified atom stereocenters. The fourth-order valence-electron chi connectivity index (χ4n) is 1.78. The van der Waals surface area contributed by atoms with E-state index in [9.17, 15) is 0 Å². The van der Waals surface area contributed by atoms with Crippen molar-refractivity contribution in [2.75, 3.05) is 10.6 Å². The van der Waals surface area contributed by atoms with Crippen molar-refractivity contribution in [3.63, 3.8) is 0 Å². The zero-order chi connectivity index (χ0) is 14.4. The zero-order valence-electron chi connectivity index (χ0n) is 11.6. The molecule has 2 aromatic rings. The Morgan fingerprint density at radius 1 is 1.20 bits per heavy atom. The van der Waals surface area contributed by atoms with Crippen LogP contribution in [0.5, 0.6) is 0 Å². The molecule has 2 rings (SSSR count). The monoisotopic (exact) mass is 267 g/mol. The van der Waals surface area contributed by atoms with Crippen LogP contribution in [-0.4, -0.2) is 16.2 Å². The van der Waals surface area contributed by atoms with Crippen LogP contribution in [0.25, 0.3) is 0 Å². The number of anilines is 2. The first-order chi connectivity index (χ1) is 9.67. The molecule has 1 aromatic heterocycles. The summed E-state index contributed by atoms with van der Waals surface area (Å²) >= 11 is 0. The van der Waals surface area contributed by atoms with Gasteiger partial charge in [0.1, 0.15) is 11.9 Å². The van der Waals surface area contributed by atoms with Gasteiger partial charge in [-0.05, 0) is 43.7 Å². The molecule has 0 saturated heterocycles. The molecule has 0 aliphatic carbocycles. The van der Waals surface area contributed by atoms with Crippen molar-refractivity contribution in [3.8, 4) is 6.07 Å². The quantitative estimate of drug-likeness (QED) is 0.871. The summed E-state index contributed by atoms with van der Waals surface area (Å²) in [4.78, 5) is 0. The van der Waals surface area contributed by atoms with Crippen LogP contribution in [-0.2, 0) is 6.54 Å². The highest BCUT2D eigenvalue weighted by atomic mass is 15.2. The molecule has 0 fully saturated rings. The van der Waals surface area contributed by atoms with Crippen molar-refractivity contribution >= 4 is 11.5 Å². The van der Waals surface area contributed by atoms with E-state index in [0.29, 0.717) is 24.1 Å². The van der Waals surface area contributed by atoms with E-state index in [0.717, 1.165) is 11.3 Å². The number of rotatable bonds is 5. The van der Waals surface area contributed by atoms with E-state index in [1.54, 1.807) is 12.1 Å². The lowest BCUT2D eigenvalue weighted by atomic mass is 10.2. The van der Waals surface area contributed by atoms with Crippen LogP contribution in [0, 0.1) is 11.3 Å². The van der Waals surface area contributed by atoms with Gasteiger partial charge in [0.25, 0.3) is 0 Å². The summed E-state index contributed by atoms with van der Waals surface area (Å²) < 4.78 is 0. The number of aromatic nitrogens is 2. The smallest absolute Gasteiger partial charge is 0.163 e. The minimum Gasteiger partial charge on any atom is -0.383 e. The zero-order valence-corrected chi connectivity index (χ0v) is 11.6. The first kappa shape index (κ1) is 13.8. The molecule has 0 saturated carbocycles. The van der Waals surface area contributed by atoms with Crippen LogP contribution in [0.4, 0.5) is 11.5 Å². The van der Waals surface area contributed by atoms with Gasteiger partial charge in [0.2, 0.25) is 0 Å². The van der Waals surface area contributed by atoms with Gasteiger partial charge in [-0.1, -0.05) is 12.1 Å². The standard InChI is InChI=1S/C15H17N5/c1-11(2)18-13-5-3-4-12(8-13)10-17-15-7-6-14(9-16)19-20-15/h3-8,11,18H,10H2,1-2H3,(H,17,20). The van der Waals surface area contributed by atoms with Gasteiger partial charge >= 0.3 is 0 Å². The van der Waals surface area contributed by atoms with Crippen LogP contribution in [0.2, 0.25) is 0 Å². The molecular formula is C15H17N5. The summed E-state index contributed by atoms with van der Waals surface area (Å²) in [5.41, 5.74) is 2.57. The van der Waals surface area contributed by atoms with Gasteiger partial charge in [-0.3, -0.25) is 0 Å². The third kappa shape index (κ3) is 3.95. The third-order valence-corrected chi connectivity index (χ3v) is 2.64. The molecule has 5 heteroatoms. The normalized spacial score (nSPS) is 10.1. The Hall–Kier alpha value is -2.61. The predicted octanol–water partition coefficient (Wildman–Crippen LogP) is 2.78. The molecule has 102 valence electrons. The number of nitrogens with zero attached hydrogens (tertiary/aromatic N) is 3. The number of hydrogen-bond acceptors (Lipinski definition) is 5. The lowest BCUT2D eigenvalue weighted by molar-refractivity contribution is 0.898. The Morgan fingerprint density at radius 3 is 2.70 bits per heavy atom. The molecule has 0 atom stereocenters. The van der Waals surface area contributed by atoms with Crippen molar-refractivity contribution in [2.45, 2.75) is 26.4 Å². The lowest BCUT2D eigenvalue weighted by Gasteiger charge is -2.11. The predicted molar refractivity (Wildman–Crippen MR) is 79.3 cm³/mol. The summed E-state index contributed by atoms with van der Waals surface area (Å²) in [6.07, 6.45) is 0. The first-order valence-corrected chi connectivity index (χ1v) is 6.50. The highest BCUT2D eigenvalue weighted by Crippen LogP contribution is 2.13. The highest BCUT2D eigenvalue weighted by Gasteiger charge is 2.00. The second-order valence-corrected chi connectivity index (χ2v) is 4.77. The molecule has 2 N–H and O–H groups in total.